The minimum Gasteiger partial charge on any atom is -0.324 e. The van der Waals surface area contributed by atoms with Gasteiger partial charge in [-0.25, -0.2) is 4.98 Å². The van der Waals surface area contributed by atoms with E-state index in [9.17, 15) is 0 Å². The largest absolute Gasteiger partial charge is 0.324 e. The number of imidazole rings is 1. The van der Waals surface area contributed by atoms with E-state index in [4.69, 9.17) is 10.2 Å². The third-order valence-corrected chi connectivity index (χ3v) is 4.65. The van der Waals surface area contributed by atoms with E-state index in [1.54, 1.807) is 0 Å². The van der Waals surface area contributed by atoms with E-state index in [0.29, 0.717) is 5.56 Å². The third kappa shape index (κ3) is 3.14. The minimum atomic E-state index is 0.653. The Labute approximate surface area is 159 Å². The van der Waals surface area contributed by atoms with E-state index in [1.165, 1.54) is 0 Å². The van der Waals surface area contributed by atoms with E-state index >= 15 is 0 Å². The van der Waals surface area contributed by atoms with Gasteiger partial charge in [-0.2, -0.15) is 5.26 Å². The van der Waals surface area contributed by atoms with Gasteiger partial charge in [-0.1, -0.05) is 60.7 Å². The molecule has 27 heavy (non-hydrogen) atoms. The molecule has 0 aliphatic heterocycles. The van der Waals surface area contributed by atoms with Gasteiger partial charge in [0.25, 0.3) is 0 Å². The highest BCUT2D eigenvalue weighted by Gasteiger charge is 2.20. The fraction of sp³-hybridized carbons (Fsp3) is 0.0833. The van der Waals surface area contributed by atoms with Gasteiger partial charge in [-0.05, 0) is 31.2 Å². The van der Waals surface area contributed by atoms with Crippen LogP contribution in [0.2, 0.25) is 0 Å². The van der Waals surface area contributed by atoms with E-state index in [0.717, 1.165) is 40.4 Å². The number of nitriles is 1. The molecule has 0 unspecified atom stereocenters. The van der Waals surface area contributed by atoms with E-state index in [1.807, 2.05) is 48.5 Å². The number of benzene rings is 3. The summed E-state index contributed by atoms with van der Waals surface area (Å²) >= 11 is 0. The van der Waals surface area contributed by atoms with Crippen molar-refractivity contribution in [2.45, 2.75) is 13.5 Å². The summed E-state index contributed by atoms with van der Waals surface area (Å²) in [4.78, 5) is 5.03. The molecule has 0 fully saturated rings. The van der Waals surface area contributed by atoms with Crippen molar-refractivity contribution >= 4 is 0 Å². The van der Waals surface area contributed by atoms with Crippen molar-refractivity contribution in [2.75, 3.05) is 0 Å². The quantitative estimate of drug-likeness (QED) is 0.469. The lowest BCUT2D eigenvalue weighted by Gasteiger charge is -2.11. The molecule has 4 aromatic rings. The first-order valence-electron chi connectivity index (χ1n) is 9.03. The van der Waals surface area contributed by atoms with Crippen LogP contribution in [0.15, 0.2) is 84.9 Å². The fourth-order valence-corrected chi connectivity index (χ4v) is 3.36. The Morgan fingerprint density at radius 2 is 1.37 bits per heavy atom. The van der Waals surface area contributed by atoms with E-state index in [-0.39, 0.29) is 0 Å². The fourth-order valence-electron chi connectivity index (χ4n) is 3.36. The van der Waals surface area contributed by atoms with Gasteiger partial charge in [-0.15, -0.1) is 0 Å². The molecule has 1 heterocycles. The standard InChI is InChI=1S/C24H19N3/c1-2-27-23(20-11-7-4-8-12-20)22(19-9-5-3-6-10-19)26-24(27)21-15-13-18(17-25)14-16-21/h3-16H,2H2,1H3. The van der Waals surface area contributed by atoms with Crippen molar-refractivity contribution in [3.05, 3.63) is 90.5 Å². The lowest BCUT2D eigenvalue weighted by molar-refractivity contribution is 0.778. The molecule has 0 saturated heterocycles. The van der Waals surface area contributed by atoms with Gasteiger partial charge in [0.05, 0.1) is 23.0 Å². The third-order valence-electron chi connectivity index (χ3n) is 4.65. The van der Waals surface area contributed by atoms with Crippen molar-refractivity contribution in [2.24, 2.45) is 0 Å². The molecule has 1 aromatic heterocycles. The highest BCUT2D eigenvalue weighted by atomic mass is 15.1. The number of hydrogen-bond acceptors (Lipinski definition) is 2. The summed E-state index contributed by atoms with van der Waals surface area (Å²) in [5.41, 5.74) is 5.99. The maximum atomic E-state index is 9.07. The van der Waals surface area contributed by atoms with E-state index in [2.05, 4.69) is 54.0 Å². The molecule has 0 aliphatic carbocycles. The van der Waals surface area contributed by atoms with E-state index < -0.39 is 0 Å². The van der Waals surface area contributed by atoms with Crippen LogP contribution in [0.5, 0.6) is 0 Å². The maximum absolute atomic E-state index is 9.07. The minimum absolute atomic E-state index is 0.653. The Balaban J connectivity index is 1.98. The lowest BCUT2D eigenvalue weighted by Crippen LogP contribution is -2.00. The highest BCUT2D eigenvalue weighted by molar-refractivity contribution is 5.82. The summed E-state index contributed by atoms with van der Waals surface area (Å²) in [6, 6.07) is 30.5. The van der Waals surface area contributed by atoms with Crippen LogP contribution in [0.4, 0.5) is 0 Å². The molecule has 0 saturated carbocycles. The van der Waals surface area contributed by atoms with Crippen molar-refractivity contribution in [3.8, 4) is 40.0 Å². The van der Waals surface area contributed by atoms with Gasteiger partial charge in [0, 0.05) is 23.2 Å². The van der Waals surface area contributed by atoms with Crippen molar-refractivity contribution in [1.29, 1.82) is 5.26 Å². The Hall–Kier alpha value is -3.64. The van der Waals surface area contributed by atoms with Crippen molar-refractivity contribution < 1.29 is 0 Å². The first-order valence-corrected chi connectivity index (χ1v) is 9.03. The zero-order valence-corrected chi connectivity index (χ0v) is 15.1. The zero-order chi connectivity index (χ0) is 18.6. The Morgan fingerprint density at radius 1 is 0.778 bits per heavy atom. The smallest absolute Gasteiger partial charge is 0.141 e. The first kappa shape index (κ1) is 16.8. The van der Waals surface area contributed by atoms with Gasteiger partial charge in [0.2, 0.25) is 0 Å². The first-order chi connectivity index (χ1) is 13.3. The molecule has 4 rings (SSSR count). The summed E-state index contributed by atoms with van der Waals surface area (Å²) in [6.45, 7) is 2.94. The molecule has 0 bridgehead atoms. The van der Waals surface area contributed by atoms with Crippen molar-refractivity contribution in [1.82, 2.24) is 9.55 Å². The molecular formula is C24H19N3. The van der Waals surface area contributed by atoms with Crippen LogP contribution in [0.1, 0.15) is 12.5 Å². The second kappa shape index (κ2) is 7.31. The van der Waals surface area contributed by atoms with Gasteiger partial charge in [0.15, 0.2) is 0 Å². The SMILES string of the molecule is CCn1c(-c2ccc(C#N)cc2)nc(-c2ccccc2)c1-c1ccccc1. The molecule has 0 amide bonds. The van der Waals surface area contributed by atoms with Gasteiger partial charge >= 0.3 is 0 Å². The summed E-state index contributed by atoms with van der Waals surface area (Å²) in [5, 5.41) is 9.07. The van der Waals surface area contributed by atoms with Crippen LogP contribution in [0.3, 0.4) is 0 Å². The Kier molecular flexibility index (Phi) is 4.55. The monoisotopic (exact) mass is 349 g/mol. The summed E-state index contributed by atoms with van der Waals surface area (Å²) in [5.74, 6) is 0.916. The molecular weight excluding hydrogens is 330 g/mol. The average molecular weight is 349 g/mol. The van der Waals surface area contributed by atoms with Gasteiger partial charge in [0.1, 0.15) is 5.82 Å². The molecule has 0 atom stereocenters. The molecule has 3 heteroatoms. The van der Waals surface area contributed by atoms with Crippen LogP contribution in [-0.2, 0) is 6.54 Å². The van der Waals surface area contributed by atoms with Crippen LogP contribution in [0, 0.1) is 11.3 Å². The molecule has 130 valence electrons. The molecule has 0 N–H and O–H groups in total. The van der Waals surface area contributed by atoms with Crippen LogP contribution in [-0.4, -0.2) is 9.55 Å². The molecule has 3 nitrogen and oxygen atoms in total. The highest BCUT2D eigenvalue weighted by Crippen LogP contribution is 2.36. The van der Waals surface area contributed by atoms with Gasteiger partial charge < -0.3 is 4.57 Å². The maximum Gasteiger partial charge on any atom is 0.141 e. The topological polar surface area (TPSA) is 41.6 Å². The van der Waals surface area contributed by atoms with Crippen LogP contribution >= 0.6 is 0 Å². The molecule has 3 aromatic carbocycles. The Bertz CT molecular complexity index is 1090. The summed E-state index contributed by atoms with van der Waals surface area (Å²) in [6.07, 6.45) is 0. The predicted molar refractivity (Wildman–Crippen MR) is 109 cm³/mol. The molecule has 0 radical (unpaired) electrons. The second-order valence-electron chi connectivity index (χ2n) is 6.30. The normalized spacial score (nSPS) is 10.5. The number of rotatable bonds is 4. The van der Waals surface area contributed by atoms with Gasteiger partial charge in [-0.3, -0.25) is 0 Å². The second-order valence-corrected chi connectivity index (χ2v) is 6.30. The predicted octanol–water partition coefficient (Wildman–Crippen LogP) is 5.78. The molecule has 0 spiro atoms. The zero-order valence-electron chi connectivity index (χ0n) is 15.1. The van der Waals surface area contributed by atoms with Crippen LogP contribution < -0.4 is 0 Å². The number of aromatic nitrogens is 2. The number of hydrogen-bond donors (Lipinski definition) is 0. The Morgan fingerprint density at radius 3 is 1.93 bits per heavy atom. The summed E-state index contributed by atoms with van der Waals surface area (Å²) < 4.78 is 2.25. The average Bonchev–Trinajstić information content (AvgIpc) is 3.14. The summed E-state index contributed by atoms with van der Waals surface area (Å²) in [7, 11) is 0. The number of nitrogens with zero attached hydrogens (tertiary/aromatic N) is 3. The lowest BCUT2D eigenvalue weighted by atomic mass is 10.0. The van der Waals surface area contributed by atoms with Crippen LogP contribution in [0.25, 0.3) is 33.9 Å². The molecule has 0 aliphatic rings. The van der Waals surface area contributed by atoms with Crippen molar-refractivity contribution in [3.63, 3.8) is 0 Å².